The minimum atomic E-state index is -3.54. The number of hydrogen-bond acceptors (Lipinski definition) is 1. The lowest BCUT2D eigenvalue weighted by Gasteiger charge is -2.21. The van der Waals surface area contributed by atoms with Crippen molar-refractivity contribution >= 4 is 28.4 Å². The van der Waals surface area contributed by atoms with Crippen LogP contribution in [0.5, 0.6) is 0 Å². The van der Waals surface area contributed by atoms with E-state index in [0.29, 0.717) is 0 Å². The molecule has 50 valence electrons. The van der Waals surface area contributed by atoms with E-state index in [1.165, 1.54) is 0 Å². The third-order valence-electron chi connectivity index (χ3n) is 0.953. The Morgan fingerprint density at radius 1 is 1.44 bits per heavy atom. The highest BCUT2D eigenvalue weighted by atomic mass is 127. The van der Waals surface area contributed by atoms with Crippen LogP contribution in [0.2, 0.25) is 0 Å². The molecule has 0 radical (unpaired) electrons. The first-order valence-electron chi connectivity index (χ1n) is 1.96. The van der Waals surface area contributed by atoms with Crippen molar-refractivity contribution in [2.24, 2.45) is 0 Å². The zero-order valence-corrected chi connectivity index (χ0v) is 6.08. The Morgan fingerprint density at radius 2 is 1.89 bits per heavy atom. The molecule has 5 heteroatoms. The van der Waals surface area contributed by atoms with Crippen molar-refractivity contribution in [2.75, 3.05) is 0 Å². The molecule has 0 unspecified atom stereocenters. The predicted octanol–water partition coefficient (Wildman–Crippen LogP) is 1.82. The van der Waals surface area contributed by atoms with Gasteiger partial charge in [-0.2, -0.15) is 8.78 Å². The number of carbonyl (C=O) groups is 1. The second kappa shape index (κ2) is 1.71. The average Bonchev–Trinajstić information content (AvgIpc) is 1.84. The fraction of sp³-hybridized carbons (Fsp3) is 0.250. The van der Waals surface area contributed by atoms with Gasteiger partial charge in [0.25, 0.3) is 5.78 Å². The lowest BCUT2D eigenvalue weighted by molar-refractivity contribution is -0.139. The molecule has 0 bridgehead atoms. The lowest BCUT2D eigenvalue weighted by Crippen LogP contribution is -2.39. The molecule has 0 aromatic heterocycles. The Kier molecular flexibility index (Phi) is 1.34. The van der Waals surface area contributed by atoms with Crippen molar-refractivity contribution in [1.82, 2.24) is 0 Å². The van der Waals surface area contributed by atoms with Crippen LogP contribution in [0.15, 0.2) is 9.41 Å². The van der Waals surface area contributed by atoms with Gasteiger partial charge in [-0.15, -0.1) is 0 Å². The number of carbonyl (C=O) groups excluding carboxylic acids is 1. The van der Waals surface area contributed by atoms with Gasteiger partial charge in [-0.1, -0.05) is 0 Å². The van der Waals surface area contributed by atoms with Gasteiger partial charge in [-0.25, -0.2) is 4.39 Å². The Morgan fingerprint density at radius 3 is 2.00 bits per heavy atom. The third kappa shape index (κ3) is 0.702. The van der Waals surface area contributed by atoms with E-state index in [0.717, 1.165) is 22.6 Å². The summed E-state index contributed by atoms with van der Waals surface area (Å²) in [5.41, 5.74) is 0. The topological polar surface area (TPSA) is 17.1 Å². The first kappa shape index (κ1) is 7.04. The standard InChI is InChI=1S/C4F3IO/c5-1-2(8)4(6,7)3(1)9. The predicted molar refractivity (Wildman–Crippen MR) is 32.1 cm³/mol. The van der Waals surface area contributed by atoms with Crippen LogP contribution in [0.3, 0.4) is 0 Å². The van der Waals surface area contributed by atoms with Crippen LogP contribution < -0.4 is 0 Å². The molecule has 0 heterocycles. The lowest BCUT2D eigenvalue weighted by atomic mass is 10.0. The van der Waals surface area contributed by atoms with E-state index in [9.17, 15) is 18.0 Å². The molecule has 1 aliphatic carbocycles. The summed E-state index contributed by atoms with van der Waals surface area (Å²) in [5, 5.41) is 0. The Labute approximate surface area is 62.1 Å². The van der Waals surface area contributed by atoms with Crippen molar-refractivity contribution in [1.29, 1.82) is 0 Å². The van der Waals surface area contributed by atoms with Gasteiger partial charge in [0.2, 0.25) is 0 Å². The first-order chi connectivity index (χ1) is 3.98. The molecule has 0 spiro atoms. The molecule has 0 aromatic rings. The molecule has 1 rings (SSSR count). The summed E-state index contributed by atoms with van der Waals surface area (Å²) in [6, 6.07) is 0. The van der Waals surface area contributed by atoms with Crippen molar-refractivity contribution < 1.29 is 18.0 Å². The molecule has 0 saturated carbocycles. The van der Waals surface area contributed by atoms with Crippen molar-refractivity contribution in [3.8, 4) is 0 Å². The maximum Gasteiger partial charge on any atom is 0.345 e. The number of allylic oxidation sites excluding steroid dienone is 2. The van der Waals surface area contributed by atoms with Crippen LogP contribution in [0.25, 0.3) is 0 Å². The molecule has 1 aliphatic rings. The summed E-state index contributed by atoms with van der Waals surface area (Å²) in [5.74, 6) is -6.54. The Bertz CT molecular complexity index is 208. The van der Waals surface area contributed by atoms with E-state index in [2.05, 4.69) is 0 Å². The van der Waals surface area contributed by atoms with Crippen LogP contribution in [0.1, 0.15) is 0 Å². The van der Waals surface area contributed by atoms with Crippen molar-refractivity contribution in [2.45, 2.75) is 5.92 Å². The van der Waals surface area contributed by atoms with Gasteiger partial charge in [0.05, 0.1) is 0 Å². The zero-order valence-electron chi connectivity index (χ0n) is 3.92. The molecule has 1 nitrogen and oxygen atoms in total. The number of halogens is 4. The van der Waals surface area contributed by atoms with Crippen LogP contribution >= 0.6 is 22.6 Å². The number of ketones is 1. The second-order valence-electron chi connectivity index (χ2n) is 1.53. The second-order valence-corrected chi connectivity index (χ2v) is 2.61. The monoisotopic (exact) mass is 248 g/mol. The molecule has 0 atom stereocenters. The molecule has 9 heavy (non-hydrogen) atoms. The van der Waals surface area contributed by atoms with Gasteiger partial charge >= 0.3 is 5.92 Å². The number of hydrogen-bond donors (Lipinski definition) is 0. The smallest absolute Gasteiger partial charge is 0.284 e. The van der Waals surface area contributed by atoms with E-state index in [4.69, 9.17) is 0 Å². The highest BCUT2D eigenvalue weighted by molar-refractivity contribution is 14.1. The molecule has 0 saturated heterocycles. The van der Waals surface area contributed by atoms with Gasteiger partial charge in [0, 0.05) is 0 Å². The molecule has 0 N–H and O–H groups in total. The summed E-state index contributed by atoms with van der Waals surface area (Å²) >= 11 is 1.11. The summed E-state index contributed by atoms with van der Waals surface area (Å²) in [6.45, 7) is 0. The van der Waals surface area contributed by atoms with Gasteiger partial charge in [-0.3, -0.25) is 4.79 Å². The molecule has 0 aromatic carbocycles. The molecular weight excluding hydrogens is 248 g/mol. The van der Waals surface area contributed by atoms with Gasteiger partial charge in [0.15, 0.2) is 5.83 Å². The maximum absolute atomic E-state index is 11.9. The quantitative estimate of drug-likeness (QED) is 0.597. The van der Waals surface area contributed by atoms with Crippen molar-refractivity contribution in [3.05, 3.63) is 9.41 Å². The minimum absolute atomic E-state index is 0.787. The van der Waals surface area contributed by atoms with Gasteiger partial charge in [0.1, 0.15) is 3.58 Å². The normalized spacial score (nSPS) is 24.2. The van der Waals surface area contributed by atoms with Crippen LogP contribution in [0.4, 0.5) is 13.2 Å². The largest absolute Gasteiger partial charge is 0.345 e. The van der Waals surface area contributed by atoms with Crippen LogP contribution in [-0.2, 0) is 4.79 Å². The van der Waals surface area contributed by atoms with E-state index in [1.807, 2.05) is 0 Å². The highest BCUT2D eigenvalue weighted by Crippen LogP contribution is 2.44. The fourth-order valence-electron chi connectivity index (χ4n) is 0.413. The fourth-order valence-corrected chi connectivity index (χ4v) is 0.902. The molecular formula is C4F3IO. The molecule has 0 fully saturated rings. The highest BCUT2D eigenvalue weighted by Gasteiger charge is 2.56. The van der Waals surface area contributed by atoms with E-state index >= 15 is 0 Å². The van der Waals surface area contributed by atoms with Crippen LogP contribution in [0, 0.1) is 0 Å². The number of Topliss-reactive ketones (excluding diaryl/α,β-unsaturated/α-hetero) is 1. The van der Waals surface area contributed by atoms with Gasteiger partial charge in [-0.05, 0) is 22.6 Å². The van der Waals surface area contributed by atoms with Crippen LogP contribution in [-0.4, -0.2) is 11.7 Å². The van der Waals surface area contributed by atoms with Gasteiger partial charge < -0.3 is 0 Å². The first-order valence-corrected chi connectivity index (χ1v) is 3.04. The maximum atomic E-state index is 11.9. The summed E-state index contributed by atoms with van der Waals surface area (Å²) in [4.78, 5) is 9.91. The molecule has 0 amide bonds. The molecule has 0 aliphatic heterocycles. The summed E-state index contributed by atoms with van der Waals surface area (Å²) in [7, 11) is 0. The average molecular weight is 248 g/mol. The SMILES string of the molecule is O=C1C(F)=C(I)C1(F)F. The zero-order chi connectivity index (χ0) is 7.23. The third-order valence-corrected chi connectivity index (χ3v) is 2.10. The number of rotatable bonds is 0. The summed E-state index contributed by atoms with van der Waals surface area (Å²) in [6.07, 6.45) is 0. The number of alkyl halides is 2. The van der Waals surface area contributed by atoms with E-state index in [1.54, 1.807) is 0 Å². The van der Waals surface area contributed by atoms with E-state index < -0.39 is 21.1 Å². The minimum Gasteiger partial charge on any atom is -0.284 e. The summed E-state index contributed by atoms with van der Waals surface area (Å²) < 4.78 is 34.9. The Hall–Kier alpha value is -0.0700. The van der Waals surface area contributed by atoms with Crippen molar-refractivity contribution in [3.63, 3.8) is 0 Å². The van der Waals surface area contributed by atoms with E-state index in [-0.39, 0.29) is 0 Å². The Balaban J connectivity index is 3.06.